The van der Waals surface area contributed by atoms with E-state index in [0.29, 0.717) is 12.8 Å². The summed E-state index contributed by atoms with van der Waals surface area (Å²) in [6, 6.07) is 0.168. The van der Waals surface area contributed by atoms with Gasteiger partial charge in [-0.05, 0) is 27.4 Å². The molecule has 0 aromatic rings. The Morgan fingerprint density at radius 2 is 2.15 bits per heavy atom. The van der Waals surface area contributed by atoms with Crippen molar-refractivity contribution < 1.29 is 9.90 Å². The van der Waals surface area contributed by atoms with Gasteiger partial charge in [0, 0.05) is 25.6 Å². The van der Waals surface area contributed by atoms with Crippen LogP contribution < -0.4 is 5.32 Å². The molecule has 0 bridgehead atoms. The number of amides is 1. The summed E-state index contributed by atoms with van der Waals surface area (Å²) in [6.07, 6.45) is 0.953. The monoisotopic (exact) mass is 188 g/mol. The first kappa shape index (κ1) is 12.4. The maximum atomic E-state index is 11.2. The van der Waals surface area contributed by atoms with Crippen molar-refractivity contribution in [3.05, 3.63) is 0 Å². The summed E-state index contributed by atoms with van der Waals surface area (Å²) in [7, 11) is 3.94. The summed E-state index contributed by atoms with van der Waals surface area (Å²) < 4.78 is 0. The van der Waals surface area contributed by atoms with E-state index in [9.17, 15) is 4.79 Å². The van der Waals surface area contributed by atoms with Crippen LogP contribution in [-0.2, 0) is 4.79 Å². The molecule has 0 heterocycles. The zero-order chi connectivity index (χ0) is 10.3. The molecule has 78 valence electrons. The molecular weight excluding hydrogens is 168 g/mol. The number of nitrogens with one attached hydrogen (secondary N) is 1. The Labute approximate surface area is 79.9 Å². The van der Waals surface area contributed by atoms with Gasteiger partial charge < -0.3 is 15.3 Å². The minimum absolute atomic E-state index is 0.0170. The Balaban J connectivity index is 3.53. The van der Waals surface area contributed by atoms with Crippen LogP contribution in [0.15, 0.2) is 0 Å². The third-order valence-corrected chi connectivity index (χ3v) is 1.61. The fourth-order valence-corrected chi connectivity index (χ4v) is 1.18. The fraction of sp³-hybridized carbons (Fsp3) is 0.889. The number of hydrogen-bond donors (Lipinski definition) is 2. The summed E-state index contributed by atoms with van der Waals surface area (Å²) in [6.45, 7) is 2.89. The molecule has 0 saturated carbocycles. The van der Waals surface area contributed by atoms with Crippen molar-refractivity contribution in [3.8, 4) is 0 Å². The number of hydrogen-bond acceptors (Lipinski definition) is 3. The summed E-state index contributed by atoms with van der Waals surface area (Å²) in [5.74, 6) is 0.0170. The van der Waals surface area contributed by atoms with Gasteiger partial charge in [-0.2, -0.15) is 0 Å². The number of aliphatic hydroxyl groups is 1. The molecule has 1 unspecified atom stereocenters. The molecule has 1 amide bonds. The van der Waals surface area contributed by atoms with Crippen LogP contribution in [0.4, 0.5) is 0 Å². The number of rotatable bonds is 6. The molecular formula is C9H20N2O2. The molecule has 2 N–H and O–H groups in total. The molecule has 0 aromatic heterocycles. The van der Waals surface area contributed by atoms with Crippen molar-refractivity contribution >= 4 is 5.91 Å². The molecule has 0 aliphatic carbocycles. The molecule has 0 fully saturated rings. The van der Waals surface area contributed by atoms with E-state index >= 15 is 0 Å². The molecule has 0 rings (SSSR count). The summed E-state index contributed by atoms with van der Waals surface area (Å²) in [4.78, 5) is 13.2. The van der Waals surface area contributed by atoms with Gasteiger partial charge in [0.2, 0.25) is 5.91 Å². The lowest BCUT2D eigenvalue weighted by Crippen LogP contribution is -2.39. The molecule has 0 spiro atoms. The van der Waals surface area contributed by atoms with Crippen LogP contribution in [0.1, 0.15) is 19.8 Å². The minimum atomic E-state index is 0.0170. The fourth-order valence-electron chi connectivity index (χ4n) is 1.18. The van der Waals surface area contributed by atoms with Crippen molar-refractivity contribution in [2.45, 2.75) is 25.8 Å². The summed E-state index contributed by atoms with van der Waals surface area (Å²) in [5.41, 5.74) is 0. The van der Waals surface area contributed by atoms with Gasteiger partial charge in [0.25, 0.3) is 0 Å². The Kier molecular flexibility index (Phi) is 6.54. The first-order chi connectivity index (χ1) is 6.06. The standard InChI is InChI=1S/C9H20N2O2/c1-8(7-11(2)3)10-9(13)5-4-6-12/h8,12H,4-7H2,1-3H3,(H,10,13). The van der Waals surface area contributed by atoms with Gasteiger partial charge in [-0.15, -0.1) is 0 Å². The average molecular weight is 188 g/mol. The molecule has 13 heavy (non-hydrogen) atoms. The molecule has 1 atom stereocenters. The second kappa shape index (κ2) is 6.86. The lowest BCUT2D eigenvalue weighted by molar-refractivity contribution is -0.122. The predicted octanol–water partition coefficient (Wildman–Crippen LogP) is -0.175. The van der Waals surface area contributed by atoms with Crippen LogP contribution >= 0.6 is 0 Å². The van der Waals surface area contributed by atoms with Gasteiger partial charge in [-0.25, -0.2) is 0 Å². The van der Waals surface area contributed by atoms with Crippen LogP contribution in [0.25, 0.3) is 0 Å². The van der Waals surface area contributed by atoms with Gasteiger partial charge >= 0.3 is 0 Å². The maximum absolute atomic E-state index is 11.2. The molecule has 0 saturated heterocycles. The molecule has 0 aliphatic rings. The second-order valence-electron chi connectivity index (χ2n) is 3.56. The highest BCUT2D eigenvalue weighted by molar-refractivity contribution is 5.76. The largest absolute Gasteiger partial charge is 0.396 e. The zero-order valence-electron chi connectivity index (χ0n) is 8.71. The van der Waals surface area contributed by atoms with Crippen LogP contribution in [0.5, 0.6) is 0 Å². The smallest absolute Gasteiger partial charge is 0.220 e. The third-order valence-electron chi connectivity index (χ3n) is 1.61. The highest BCUT2D eigenvalue weighted by atomic mass is 16.3. The van der Waals surface area contributed by atoms with E-state index in [1.807, 2.05) is 25.9 Å². The lowest BCUT2D eigenvalue weighted by atomic mass is 10.2. The van der Waals surface area contributed by atoms with Crippen molar-refractivity contribution in [2.24, 2.45) is 0 Å². The van der Waals surface area contributed by atoms with Crippen molar-refractivity contribution in [1.82, 2.24) is 10.2 Å². The normalized spacial score (nSPS) is 13.0. The van der Waals surface area contributed by atoms with E-state index in [2.05, 4.69) is 5.32 Å². The lowest BCUT2D eigenvalue weighted by Gasteiger charge is -2.18. The summed E-state index contributed by atoms with van der Waals surface area (Å²) in [5, 5.41) is 11.4. The van der Waals surface area contributed by atoms with E-state index in [1.54, 1.807) is 0 Å². The van der Waals surface area contributed by atoms with Crippen molar-refractivity contribution in [2.75, 3.05) is 27.2 Å². The molecule has 0 radical (unpaired) electrons. The first-order valence-electron chi connectivity index (χ1n) is 4.61. The Hall–Kier alpha value is -0.610. The quantitative estimate of drug-likeness (QED) is 0.608. The van der Waals surface area contributed by atoms with Gasteiger partial charge in [0.05, 0.1) is 0 Å². The Morgan fingerprint density at radius 3 is 2.62 bits per heavy atom. The van der Waals surface area contributed by atoms with Gasteiger partial charge in [0.1, 0.15) is 0 Å². The SMILES string of the molecule is CC(CN(C)C)NC(=O)CCCO. The number of nitrogens with zero attached hydrogens (tertiary/aromatic N) is 1. The van der Waals surface area contributed by atoms with Crippen LogP contribution in [-0.4, -0.2) is 49.2 Å². The minimum Gasteiger partial charge on any atom is -0.396 e. The van der Waals surface area contributed by atoms with E-state index in [1.165, 1.54) is 0 Å². The number of aliphatic hydroxyl groups excluding tert-OH is 1. The second-order valence-corrected chi connectivity index (χ2v) is 3.56. The van der Waals surface area contributed by atoms with Crippen LogP contribution in [0.3, 0.4) is 0 Å². The van der Waals surface area contributed by atoms with E-state index < -0.39 is 0 Å². The molecule has 0 aromatic carbocycles. The maximum Gasteiger partial charge on any atom is 0.220 e. The number of carbonyl (C=O) groups is 1. The topological polar surface area (TPSA) is 52.6 Å². The predicted molar refractivity (Wildman–Crippen MR) is 52.5 cm³/mol. The van der Waals surface area contributed by atoms with Gasteiger partial charge in [0.15, 0.2) is 0 Å². The average Bonchev–Trinajstić information content (AvgIpc) is 1.98. The number of likely N-dealkylation sites (N-methyl/N-ethyl adjacent to an activating group) is 1. The molecule has 0 aliphatic heterocycles. The Bertz CT molecular complexity index is 149. The van der Waals surface area contributed by atoms with Crippen molar-refractivity contribution in [1.29, 1.82) is 0 Å². The van der Waals surface area contributed by atoms with Gasteiger partial charge in [-0.1, -0.05) is 0 Å². The van der Waals surface area contributed by atoms with Crippen LogP contribution in [0, 0.1) is 0 Å². The first-order valence-corrected chi connectivity index (χ1v) is 4.61. The summed E-state index contributed by atoms with van der Waals surface area (Å²) >= 11 is 0. The van der Waals surface area contributed by atoms with Crippen molar-refractivity contribution in [3.63, 3.8) is 0 Å². The van der Waals surface area contributed by atoms with E-state index in [4.69, 9.17) is 5.11 Å². The highest BCUT2D eigenvalue weighted by Gasteiger charge is 2.06. The molecule has 4 heteroatoms. The zero-order valence-corrected chi connectivity index (χ0v) is 8.71. The highest BCUT2D eigenvalue weighted by Crippen LogP contribution is 1.90. The van der Waals surface area contributed by atoms with Gasteiger partial charge in [-0.3, -0.25) is 4.79 Å². The van der Waals surface area contributed by atoms with E-state index in [0.717, 1.165) is 6.54 Å². The Morgan fingerprint density at radius 1 is 1.54 bits per heavy atom. The van der Waals surface area contributed by atoms with Crippen LogP contribution in [0.2, 0.25) is 0 Å². The number of carbonyl (C=O) groups excluding carboxylic acids is 1. The third kappa shape index (κ3) is 7.74. The molecule has 4 nitrogen and oxygen atoms in total. The van der Waals surface area contributed by atoms with E-state index in [-0.39, 0.29) is 18.6 Å².